The van der Waals surface area contributed by atoms with Gasteiger partial charge in [-0.25, -0.2) is 13.6 Å². The maximum Gasteiger partial charge on any atom is 0.407 e. The quantitative estimate of drug-likeness (QED) is 0.740. The van der Waals surface area contributed by atoms with Crippen LogP contribution in [0.5, 0.6) is 5.75 Å². The molecule has 1 aromatic heterocycles. The number of ether oxygens (including phenoxy) is 2. The lowest BCUT2D eigenvalue weighted by atomic mass is 10.1. The molecule has 1 aromatic carbocycles. The first kappa shape index (κ1) is 20.5. The first-order chi connectivity index (χ1) is 12.6. The van der Waals surface area contributed by atoms with E-state index in [0.29, 0.717) is 5.56 Å². The summed E-state index contributed by atoms with van der Waals surface area (Å²) in [4.78, 5) is 26.6. The van der Waals surface area contributed by atoms with E-state index >= 15 is 0 Å². The zero-order valence-electron chi connectivity index (χ0n) is 15.9. The van der Waals surface area contributed by atoms with Crippen LogP contribution in [0.1, 0.15) is 36.8 Å². The number of hydrogen-bond acceptors (Lipinski definition) is 4. The Balaban J connectivity index is 2.38. The van der Waals surface area contributed by atoms with E-state index in [1.54, 1.807) is 20.8 Å². The Hall–Kier alpha value is -2.84. The number of nitrogens with one attached hydrogen (secondary N) is 3. The third-order valence-corrected chi connectivity index (χ3v) is 3.74. The van der Waals surface area contributed by atoms with Crippen LogP contribution in [0.2, 0.25) is 0 Å². The Morgan fingerprint density at radius 2 is 1.93 bits per heavy atom. The van der Waals surface area contributed by atoms with E-state index in [-0.39, 0.29) is 29.6 Å². The van der Waals surface area contributed by atoms with Crippen molar-refractivity contribution in [3.05, 3.63) is 29.0 Å². The average Bonchev–Trinajstić information content (AvgIpc) is 2.91. The highest BCUT2D eigenvalue weighted by Gasteiger charge is 2.24. The molecule has 0 aliphatic rings. The summed E-state index contributed by atoms with van der Waals surface area (Å²) in [6, 6.07) is 1.06. The van der Waals surface area contributed by atoms with Crippen LogP contribution >= 0.6 is 0 Å². The molecule has 0 bridgehead atoms. The molecule has 0 unspecified atom stereocenters. The van der Waals surface area contributed by atoms with Gasteiger partial charge in [-0.15, -0.1) is 0 Å². The van der Waals surface area contributed by atoms with Gasteiger partial charge in [0.05, 0.1) is 12.6 Å². The number of benzene rings is 1. The van der Waals surface area contributed by atoms with E-state index in [1.165, 1.54) is 7.05 Å². The Morgan fingerprint density at radius 1 is 1.26 bits per heavy atom. The van der Waals surface area contributed by atoms with Crippen LogP contribution < -0.4 is 15.4 Å². The Bertz CT molecular complexity index is 872. The summed E-state index contributed by atoms with van der Waals surface area (Å²) in [5, 5.41) is 5.04. The van der Waals surface area contributed by atoms with Gasteiger partial charge in [-0.05, 0) is 32.8 Å². The highest BCUT2D eigenvalue weighted by molar-refractivity contribution is 6.01. The predicted molar refractivity (Wildman–Crippen MR) is 96.1 cm³/mol. The molecule has 148 valence electrons. The number of aromatic amines is 1. The van der Waals surface area contributed by atoms with Crippen LogP contribution in [0, 0.1) is 11.6 Å². The van der Waals surface area contributed by atoms with Crippen molar-refractivity contribution in [3.63, 3.8) is 0 Å². The number of methoxy groups -OCH3 is 1. The fourth-order valence-corrected chi connectivity index (χ4v) is 2.69. The van der Waals surface area contributed by atoms with Crippen molar-refractivity contribution in [2.45, 2.75) is 32.8 Å². The van der Waals surface area contributed by atoms with Crippen LogP contribution in [0.25, 0.3) is 10.9 Å². The van der Waals surface area contributed by atoms with E-state index < -0.39 is 35.0 Å². The Labute approximate surface area is 155 Å². The molecule has 2 rings (SSSR count). The van der Waals surface area contributed by atoms with Gasteiger partial charge in [-0.2, -0.15) is 0 Å². The number of hydrogen-bond donors (Lipinski definition) is 3. The van der Waals surface area contributed by atoms with Crippen molar-refractivity contribution in [1.29, 1.82) is 0 Å². The van der Waals surface area contributed by atoms with Gasteiger partial charge >= 0.3 is 6.09 Å². The standard InChI is InChI=1S/C18H23F2N3O4/c1-18(2,3)27-17(25)22-7-6-9-12-11(23-14(9)16(24)21-4)8-10(19)15(26-5)13(12)20/h8,23H,6-7H2,1-5H3,(H,21,24)(H,22,25). The number of fused-ring (bicyclic) bond motifs is 1. The smallest absolute Gasteiger partial charge is 0.407 e. The third-order valence-electron chi connectivity index (χ3n) is 3.74. The number of halogens is 2. The van der Waals surface area contributed by atoms with Gasteiger partial charge in [0.15, 0.2) is 17.4 Å². The van der Waals surface area contributed by atoms with Gasteiger partial charge in [0.25, 0.3) is 5.91 Å². The van der Waals surface area contributed by atoms with E-state index in [0.717, 1.165) is 13.2 Å². The fourth-order valence-electron chi connectivity index (χ4n) is 2.69. The van der Waals surface area contributed by atoms with Crippen LogP contribution in [0.15, 0.2) is 6.07 Å². The fraction of sp³-hybridized carbons (Fsp3) is 0.444. The van der Waals surface area contributed by atoms with Crippen LogP contribution in [-0.4, -0.2) is 43.3 Å². The normalized spacial score (nSPS) is 11.4. The Kier molecular flexibility index (Phi) is 5.92. The SMILES string of the molecule is CNC(=O)c1[nH]c2cc(F)c(OC)c(F)c2c1CCNC(=O)OC(C)(C)C. The minimum Gasteiger partial charge on any atom is -0.491 e. The molecule has 0 fully saturated rings. The molecule has 9 heteroatoms. The maximum absolute atomic E-state index is 14.8. The van der Waals surface area contributed by atoms with Crippen molar-refractivity contribution in [2.24, 2.45) is 0 Å². The lowest BCUT2D eigenvalue weighted by Crippen LogP contribution is -2.33. The molecule has 7 nitrogen and oxygen atoms in total. The third kappa shape index (κ3) is 4.47. The highest BCUT2D eigenvalue weighted by atomic mass is 19.1. The molecule has 27 heavy (non-hydrogen) atoms. The van der Waals surface area contributed by atoms with E-state index in [9.17, 15) is 18.4 Å². The van der Waals surface area contributed by atoms with Gasteiger partial charge in [0.2, 0.25) is 0 Å². The average molecular weight is 383 g/mol. The molecule has 0 saturated heterocycles. The number of aromatic nitrogens is 1. The van der Waals surface area contributed by atoms with E-state index in [2.05, 4.69) is 15.6 Å². The number of carbonyl (C=O) groups is 2. The van der Waals surface area contributed by atoms with Gasteiger partial charge in [0, 0.05) is 25.0 Å². The number of carbonyl (C=O) groups excluding carboxylic acids is 2. The Morgan fingerprint density at radius 3 is 2.48 bits per heavy atom. The predicted octanol–water partition coefficient (Wildman–Crippen LogP) is 2.88. The molecule has 2 amide bonds. The summed E-state index contributed by atoms with van der Waals surface area (Å²) < 4.78 is 38.6. The monoisotopic (exact) mass is 383 g/mol. The number of amides is 2. The lowest BCUT2D eigenvalue weighted by molar-refractivity contribution is 0.0528. The van der Waals surface area contributed by atoms with Crippen molar-refractivity contribution in [1.82, 2.24) is 15.6 Å². The van der Waals surface area contributed by atoms with Crippen LogP contribution in [0.3, 0.4) is 0 Å². The molecule has 0 radical (unpaired) electrons. The van der Waals surface area contributed by atoms with Crippen molar-refractivity contribution in [3.8, 4) is 5.75 Å². The van der Waals surface area contributed by atoms with Gasteiger partial charge in [-0.3, -0.25) is 4.79 Å². The molecule has 1 heterocycles. The molecule has 0 aliphatic heterocycles. The molecule has 2 aromatic rings. The molecule has 3 N–H and O–H groups in total. The number of rotatable bonds is 5. The summed E-state index contributed by atoms with van der Waals surface area (Å²) >= 11 is 0. The molecular weight excluding hydrogens is 360 g/mol. The van der Waals surface area contributed by atoms with Crippen LogP contribution in [-0.2, 0) is 11.2 Å². The van der Waals surface area contributed by atoms with Crippen molar-refractivity contribution >= 4 is 22.9 Å². The molecule has 0 saturated carbocycles. The minimum absolute atomic E-state index is 0.0397. The summed E-state index contributed by atoms with van der Waals surface area (Å²) in [7, 11) is 2.58. The molecule has 0 aliphatic carbocycles. The highest BCUT2D eigenvalue weighted by Crippen LogP contribution is 2.33. The first-order valence-electron chi connectivity index (χ1n) is 8.34. The second-order valence-electron chi connectivity index (χ2n) is 6.86. The summed E-state index contributed by atoms with van der Waals surface area (Å²) in [5.74, 6) is -2.82. The van der Waals surface area contributed by atoms with Crippen LogP contribution in [0.4, 0.5) is 13.6 Å². The second-order valence-corrected chi connectivity index (χ2v) is 6.86. The maximum atomic E-state index is 14.8. The van der Waals surface area contributed by atoms with Crippen molar-refractivity contribution in [2.75, 3.05) is 20.7 Å². The first-order valence-corrected chi connectivity index (χ1v) is 8.34. The van der Waals surface area contributed by atoms with Gasteiger partial charge in [0.1, 0.15) is 11.3 Å². The van der Waals surface area contributed by atoms with Crippen molar-refractivity contribution < 1.29 is 27.8 Å². The van der Waals surface area contributed by atoms with Gasteiger partial charge in [-0.1, -0.05) is 0 Å². The summed E-state index contributed by atoms with van der Waals surface area (Å²) in [6.45, 7) is 5.27. The largest absolute Gasteiger partial charge is 0.491 e. The molecule has 0 spiro atoms. The zero-order chi connectivity index (χ0) is 20.4. The lowest BCUT2D eigenvalue weighted by Gasteiger charge is -2.19. The molecule has 0 atom stereocenters. The summed E-state index contributed by atoms with van der Waals surface area (Å²) in [6.07, 6.45) is -0.513. The summed E-state index contributed by atoms with van der Waals surface area (Å²) in [5.41, 5.74) is -0.146. The zero-order valence-corrected chi connectivity index (χ0v) is 15.9. The van der Waals surface area contributed by atoms with E-state index in [4.69, 9.17) is 9.47 Å². The number of alkyl carbamates (subject to hydrolysis) is 1. The number of H-pyrrole nitrogens is 1. The van der Waals surface area contributed by atoms with Gasteiger partial charge < -0.3 is 25.1 Å². The van der Waals surface area contributed by atoms with E-state index in [1.807, 2.05) is 0 Å². The minimum atomic E-state index is -0.911. The topological polar surface area (TPSA) is 92.5 Å². The second kappa shape index (κ2) is 7.81. The molecular formula is C18H23F2N3O4.